The van der Waals surface area contributed by atoms with Gasteiger partial charge in [-0.25, -0.2) is 4.79 Å². The van der Waals surface area contributed by atoms with Gasteiger partial charge in [-0.1, -0.05) is 37.6 Å². The number of rotatable bonds is 4. The summed E-state index contributed by atoms with van der Waals surface area (Å²) in [5.41, 5.74) is 2.18. The van der Waals surface area contributed by atoms with E-state index in [0.717, 1.165) is 18.4 Å². The van der Waals surface area contributed by atoms with Crippen LogP contribution in [0.1, 0.15) is 29.5 Å². The lowest BCUT2D eigenvalue weighted by Crippen LogP contribution is -1.91. The summed E-state index contributed by atoms with van der Waals surface area (Å²) in [5.74, 6) is -0.484. The van der Waals surface area contributed by atoms with Crippen LogP contribution < -0.4 is 0 Å². The molecule has 1 aromatic carbocycles. The number of hydrogen-bond donors (Lipinski definition) is 1. The third-order valence-electron chi connectivity index (χ3n) is 2.59. The van der Waals surface area contributed by atoms with E-state index >= 15 is 0 Å². The van der Waals surface area contributed by atoms with Crippen molar-refractivity contribution in [1.29, 1.82) is 0 Å². The van der Waals surface area contributed by atoms with Crippen molar-refractivity contribution >= 4 is 5.97 Å². The predicted octanol–water partition coefficient (Wildman–Crippen LogP) is 3.60. The van der Waals surface area contributed by atoms with Gasteiger partial charge in [0.2, 0.25) is 5.76 Å². The molecule has 0 spiro atoms. The Bertz CT molecular complexity index is 509. The van der Waals surface area contributed by atoms with Crippen LogP contribution in [-0.2, 0) is 6.42 Å². The lowest BCUT2D eigenvalue weighted by atomic mass is 10.1. The topological polar surface area (TPSA) is 50.4 Å². The molecular formula is C14H14O3. The fourth-order valence-corrected chi connectivity index (χ4v) is 1.73. The summed E-state index contributed by atoms with van der Waals surface area (Å²) in [7, 11) is 0. The Kier molecular flexibility index (Phi) is 3.28. The normalized spacial score (nSPS) is 10.4. The van der Waals surface area contributed by atoms with Gasteiger partial charge in [0.25, 0.3) is 0 Å². The van der Waals surface area contributed by atoms with Crippen LogP contribution in [0.3, 0.4) is 0 Å². The molecule has 0 amide bonds. The van der Waals surface area contributed by atoms with Gasteiger partial charge >= 0.3 is 5.97 Å². The first-order valence-electron chi connectivity index (χ1n) is 5.63. The molecular weight excluding hydrogens is 216 g/mol. The van der Waals surface area contributed by atoms with Gasteiger partial charge in [0, 0.05) is 5.56 Å². The lowest BCUT2D eigenvalue weighted by molar-refractivity contribution is 0.0663. The highest BCUT2D eigenvalue weighted by Crippen LogP contribution is 2.22. The van der Waals surface area contributed by atoms with Crippen LogP contribution in [0.5, 0.6) is 0 Å². The average molecular weight is 230 g/mol. The Morgan fingerprint density at radius 1 is 1.18 bits per heavy atom. The van der Waals surface area contributed by atoms with Gasteiger partial charge in [0.15, 0.2) is 0 Å². The van der Waals surface area contributed by atoms with E-state index < -0.39 is 5.97 Å². The molecule has 3 heteroatoms. The maximum absolute atomic E-state index is 10.7. The number of carboxylic acid groups (broad SMARTS) is 1. The molecule has 17 heavy (non-hydrogen) atoms. The highest BCUT2D eigenvalue weighted by Gasteiger charge is 2.09. The number of carboxylic acids is 1. The minimum Gasteiger partial charge on any atom is -0.475 e. The van der Waals surface area contributed by atoms with E-state index in [4.69, 9.17) is 9.52 Å². The molecule has 0 unspecified atom stereocenters. The summed E-state index contributed by atoms with van der Waals surface area (Å²) in [4.78, 5) is 10.7. The maximum Gasteiger partial charge on any atom is 0.371 e. The molecule has 0 aliphatic rings. The van der Waals surface area contributed by atoms with Gasteiger partial charge < -0.3 is 9.52 Å². The monoisotopic (exact) mass is 230 g/mol. The standard InChI is InChI=1S/C14H14O3/c1-2-3-10-4-6-11(7-5-10)12-8-9-13(17-12)14(15)16/h4-9H,2-3H2,1H3,(H,15,16). The van der Waals surface area contributed by atoms with Crippen molar-refractivity contribution in [1.82, 2.24) is 0 Å². The molecule has 0 fully saturated rings. The largest absolute Gasteiger partial charge is 0.475 e. The molecule has 0 aliphatic carbocycles. The second kappa shape index (κ2) is 4.87. The molecule has 0 saturated heterocycles. The molecule has 1 heterocycles. The van der Waals surface area contributed by atoms with Crippen molar-refractivity contribution < 1.29 is 14.3 Å². The van der Waals surface area contributed by atoms with Gasteiger partial charge in [-0.3, -0.25) is 0 Å². The molecule has 2 aromatic rings. The van der Waals surface area contributed by atoms with Gasteiger partial charge in [0.1, 0.15) is 5.76 Å². The zero-order valence-corrected chi connectivity index (χ0v) is 9.64. The minimum absolute atomic E-state index is 0.0300. The quantitative estimate of drug-likeness (QED) is 0.873. The van der Waals surface area contributed by atoms with Crippen molar-refractivity contribution in [2.75, 3.05) is 0 Å². The number of aromatic carboxylic acids is 1. The fraction of sp³-hybridized carbons (Fsp3) is 0.214. The average Bonchev–Trinajstić information content (AvgIpc) is 2.80. The zero-order valence-electron chi connectivity index (χ0n) is 9.64. The van der Waals surface area contributed by atoms with E-state index in [1.165, 1.54) is 11.6 Å². The third kappa shape index (κ3) is 2.56. The Balaban J connectivity index is 2.23. The first-order chi connectivity index (χ1) is 8.20. The van der Waals surface area contributed by atoms with Gasteiger partial charge in [-0.05, 0) is 24.1 Å². The van der Waals surface area contributed by atoms with Crippen LogP contribution in [0.2, 0.25) is 0 Å². The Hall–Kier alpha value is -2.03. The summed E-state index contributed by atoms with van der Waals surface area (Å²) < 4.78 is 5.23. The molecule has 0 aliphatic heterocycles. The van der Waals surface area contributed by atoms with E-state index in [1.807, 2.05) is 24.3 Å². The van der Waals surface area contributed by atoms with Crippen LogP contribution in [0, 0.1) is 0 Å². The van der Waals surface area contributed by atoms with E-state index in [1.54, 1.807) is 6.07 Å². The molecule has 0 atom stereocenters. The van der Waals surface area contributed by atoms with Crippen molar-refractivity contribution in [3.8, 4) is 11.3 Å². The van der Waals surface area contributed by atoms with E-state index in [-0.39, 0.29) is 5.76 Å². The molecule has 3 nitrogen and oxygen atoms in total. The number of carbonyl (C=O) groups is 1. The highest BCUT2D eigenvalue weighted by molar-refractivity contribution is 5.85. The van der Waals surface area contributed by atoms with Crippen molar-refractivity contribution in [3.63, 3.8) is 0 Å². The van der Waals surface area contributed by atoms with Gasteiger partial charge in [0.05, 0.1) is 0 Å². The predicted molar refractivity (Wildman–Crippen MR) is 65.1 cm³/mol. The molecule has 2 rings (SSSR count). The number of aryl methyl sites for hydroxylation is 1. The molecule has 0 saturated carbocycles. The Labute approximate surface area is 99.7 Å². The highest BCUT2D eigenvalue weighted by atomic mass is 16.4. The number of furan rings is 1. The smallest absolute Gasteiger partial charge is 0.371 e. The molecule has 1 N–H and O–H groups in total. The minimum atomic E-state index is -1.04. The van der Waals surface area contributed by atoms with Crippen LogP contribution in [0.4, 0.5) is 0 Å². The SMILES string of the molecule is CCCc1ccc(-c2ccc(C(=O)O)o2)cc1. The van der Waals surface area contributed by atoms with E-state index in [0.29, 0.717) is 5.76 Å². The summed E-state index contributed by atoms with van der Waals surface area (Å²) in [6, 6.07) is 11.1. The first kappa shape index (κ1) is 11.5. The van der Waals surface area contributed by atoms with E-state index in [2.05, 4.69) is 6.92 Å². The second-order valence-electron chi connectivity index (χ2n) is 3.92. The van der Waals surface area contributed by atoms with Crippen LogP contribution in [-0.4, -0.2) is 11.1 Å². The summed E-state index contributed by atoms with van der Waals surface area (Å²) in [5, 5.41) is 8.77. The first-order valence-corrected chi connectivity index (χ1v) is 5.63. The summed E-state index contributed by atoms with van der Waals surface area (Å²) in [6.45, 7) is 2.14. The van der Waals surface area contributed by atoms with Crippen LogP contribution >= 0.6 is 0 Å². The summed E-state index contributed by atoms with van der Waals surface area (Å²) >= 11 is 0. The molecule has 0 bridgehead atoms. The fourth-order valence-electron chi connectivity index (χ4n) is 1.73. The maximum atomic E-state index is 10.7. The summed E-state index contributed by atoms with van der Waals surface area (Å²) in [6.07, 6.45) is 2.17. The lowest BCUT2D eigenvalue weighted by Gasteiger charge is -2.00. The van der Waals surface area contributed by atoms with Crippen molar-refractivity contribution in [3.05, 3.63) is 47.7 Å². The number of hydrogen-bond acceptors (Lipinski definition) is 2. The van der Waals surface area contributed by atoms with Crippen molar-refractivity contribution in [2.45, 2.75) is 19.8 Å². The van der Waals surface area contributed by atoms with Crippen molar-refractivity contribution in [2.24, 2.45) is 0 Å². The van der Waals surface area contributed by atoms with Crippen LogP contribution in [0.25, 0.3) is 11.3 Å². The third-order valence-corrected chi connectivity index (χ3v) is 2.59. The van der Waals surface area contributed by atoms with E-state index in [9.17, 15) is 4.79 Å². The Morgan fingerprint density at radius 3 is 2.41 bits per heavy atom. The van der Waals surface area contributed by atoms with Gasteiger partial charge in [-0.15, -0.1) is 0 Å². The molecule has 1 aromatic heterocycles. The second-order valence-corrected chi connectivity index (χ2v) is 3.92. The Morgan fingerprint density at radius 2 is 1.88 bits per heavy atom. The van der Waals surface area contributed by atoms with Gasteiger partial charge in [-0.2, -0.15) is 0 Å². The number of benzene rings is 1. The molecule has 88 valence electrons. The van der Waals surface area contributed by atoms with Crippen LogP contribution in [0.15, 0.2) is 40.8 Å². The zero-order chi connectivity index (χ0) is 12.3. The molecule has 0 radical (unpaired) electrons.